The first-order valence-electron chi connectivity index (χ1n) is 6.86. The lowest BCUT2D eigenvalue weighted by Gasteiger charge is -2.23. The molecule has 0 saturated carbocycles. The van der Waals surface area contributed by atoms with Gasteiger partial charge in [-0.2, -0.15) is 0 Å². The number of nitrogens with zero attached hydrogens (tertiary/aromatic N) is 2. The molecule has 1 aliphatic rings. The molecule has 1 heterocycles. The Morgan fingerprint density at radius 3 is 2.42 bits per heavy atom. The van der Waals surface area contributed by atoms with E-state index in [1.807, 2.05) is 29.2 Å². The summed E-state index contributed by atoms with van der Waals surface area (Å²) in [6.07, 6.45) is 0.573. The largest absolute Gasteiger partial charge is 0.389 e. The van der Waals surface area contributed by atoms with E-state index in [0.717, 1.165) is 43.9 Å². The molecule has 1 atom stereocenters. The molecule has 1 amide bonds. The number of anilines is 1. The van der Waals surface area contributed by atoms with Crippen LogP contribution in [0.4, 0.5) is 5.69 Å². The Bertz CT molecular complexity index is 428. The van der Waals surface area contributed by atoms with Gasteiger partial charge in [-0.1, -0.05) is 12.1 Å². The van der Waals surface area contributed by atoms with Crippen LogP contribution in [0.1, 0.15) is 31.9 Å². The average Bonchev–Trinajstić information content (AvgIpc) is 2.64. The summed E-state index contributed by atoms with van der Waals surface area (Å²) in [5.41, 5.74) is 2.10. The molecule has 1 aromatic carbocycles. The van der Waals surface area contributed by atoms with Crippen molar-refractivity contribution in [2.45, 2.75) is 26.4 Å². The topological polar surface area (TPSA) is 43.8 Å². The van der Waals surface area contributed by atoms with E-state index in [2.05, 4.69) is 4.90 Å². The van der Waals surface area contributed by atoms with Gasteiger partial charge in [0.25, 0.3) is 0 Å². The number of hydrogen-bond donors (Lipinski definition) is 1. The van der Waals surface area contributed by atoms with Gasteiger partial charge in [0.05, 0.1) is 6.10 Å². The van der Waals surface area contributed by atoms with Gasteiger partial charge >= 0.3 is 0 Å². The molecule has 0 spiro atoms. The van der Waals surface area contributed by atoms with Crippen molar-refractivity contribution < 1.29 is 9.90 Å². The minimum absolute atomic E-state index is 0.159. The molecule has 104 valence electrons. The first-order valence-corrected chi connectivity index (χ1v) is 6.86. The number of hydrogen-bond acceptors (Lipinski definition) is 3. The normalized spacial score (nSPS) is 18.1. The van der Waals surface area contributed by atoms with E-state index in [4.69, 9.17) is 0 Å². The second kappa shape index (κ2) is 6.06. The monoisotopic (exact) mass is 262 g/mol. The highest BCUT2D eigenvalue weighted by Crippen LogP contribution is 2.20. The molecule has 0 aliphatic carbocycles. The summed E-state index contributed by atoms with van der Waals surface area (Å²) in [6, 6.07) is 8.03. The smallest absolute Gasteiger partial charge is 0.219 e. The zero-order valence-corrected chi connectivity index (χ0v) is 11.7. The standard InChI is InChI=1S/C15H22N2O2/c1-12(18)14-4-6-15(7-5-14)17-9-3-8-16(10-11-17)13(2)19/h4-7,12,18H,3,8-11H2,1-2H3. The highest BCUT2D eigenvalue weighted by molar-refractivity contribution is 5.73. The van der Waals surface area contributed by atoms with Crippen LogP contribution < -0.4 is 4.90 Å². The average molecular weight is 262 g/mol. The molecule has 1 fully saturated rings. The minimum atomic E-state index is -0.425. The van der Waals surface area contributed by atoms with Gasteiger partial charge in [0.1, 0.15) is 0 Å². The van der Waals surface area contributed by atoms with Crippen LogP contribution in [-0.4, -0.2) is 42.1 Å². The molecule has 0 radical (unpaired) electrons. The fourth-order valence-electron chi connectivity index (χ4n) is 2.45. The van der Waals surface area contributed by atoms with E-state index in [-0.39, 0.29) is 5.91 Å². The maximum absolute atomic E-state index is 11.4. The summed E-state index contributed by atoms with van der Waals surface area (Å²) in [7, 11) is 0. The van der Waals surface area contributed by atoms with Crippen molar-refractivity contribution in [3.05, 3.63) is 29.8 Å². The van der Waals surface area contributed by atoms with Gasteiger partial charge in [-0.15, -0.1) is 0 Å². The molecule has 0 aromatic heterocycles. The summed E-state index contributed by atoms with van der Waals surface area (Å²) in [4.78, 5) is 15.6. The van der Waals surface area contributed by atoms with Crippen LogP contribution in [-0.2, 0) is 4.79 Å². The molecule has 1 aliphatic heterocycles. The zero-order valence-electron chi connectivity index (χ0n) is 11.7. The lowest BCUT2D eigenvalue weighted by atomic mass is 10.1. The molecular formula is C15H22N2O2. The van der Waals surface area contributed by atoms with Crippen molar-refractivity contribution in [3.8, 4) is 0 Å². The van der Waals surface area contributed by atoms with Crippen molar-refractivity contribution in [3.63, 3.8) is 0 Å². The number of benzene rings is 1. The van der Waals surface area contributed by atoms with E-state index < -0.39 is 6.10 Å². The van der Waals surface area contributed by atoms with Gasteiger partial charge in [0.2, 0.25) is 5.91 Å². The van der Waals surface area contributed by atoms with Crippen molar-refractivity contribution in [1.82, 2.24) is 4.90 Å². The summed E-state index contributed by atoms with van der Waals surface area (Å²) >= 11 is 0. The Labute approximate surface area is 114 Å². The van der Waals surface area contributed by atoms with Crippen LogP contribution >= 0.6 is 0 Å². The third-order valence-corrected chi connectivity index (χ3v) is 3.68. The predicted molar refractivity (Wildman–Crippen MR) is 76.2 cm³/mol. The Balaban J connectivity index is 2.03. The summed E-state index contributed by atoms with van der Waals surface area (Å²) in [5.74, 6) is 0.159. The zero-order chi connectivity index (χ0) is 13.8. The van der Waals surface area contributed by atoms with E-state index >= 15 is 0 Å². The van der Waals surface area contributed by atoms with Crippen LogP contribution in [0, 0.1) is 0 Å². The molecule has 4 heteroatoms. The summed E-state index contributed by atoms with van der Waals surface area (Å²) < 4.78 is 0. The number of carbonyl (C=O) groups excluding carboxylic acids is 1. The second-order valence-electron chi connectivity index (χ2n) is 5.11. The Kier molecular flexibility index (Phi) is 4.43. The number of aliphatic hydroxyl groups excluding tert-OH is 1. The van der Waals surface area contributed by atoms with Gasteiger partial charge in [-0.05, 0) is 31.0 Å². The molecule has 1 unspecified atom stereocenters. The van der Waals surface area contributed by atoms with Crippen molar-refractivity contribution in [2.24, 2.45) is 0 Å². The fourth-order valence-corrected chi connectivity index (χ4v) is 2.45. The fraction of sp³-hybridized carbons (Fsp3) is 0.533. The molecule has 1 saturated heterocycles. The van der Waals surface area contributed by atoms with Crippen LogP contribution in [0.25, 0.3) is 0 Å². The van der Waals surface area contributed by atoms with Crippen molar-refractivity contribution in [2.75, 3.05) is 31.1 Å². The van der Waals surface area contributed by atoms with Crippen LogP contribution in [0.15, 0.2) is 24.3 Å². The van der Waals surface area contributed by atoms with E-state index in [0.29, 0.717) is 0 Å². The van der Waals surface area contributed by atoms with E-state index in [9.17, 15) is 9.90 Å². The van der Waals surface area contributed by atoms with Crippen LogP contribution in [0.5, 0.6) is 0 Å². The van der Waals surface area contributed by atoms with Gasteiger partial charge in [-0.3, -0.25) is 4.79 Å². The third kappa shape index (κ3) is 3.47. The maximum atomic E-state index is 11.4. The van der Waals surface area contributed by atoms with E-state index in [1.54, 1.807) is 13.8 Å². The van der Waals surface area contributed by atoms with Gasteiger partial charge in [0.15, 0.2) is 0 Å². The van der Waals surface area contributed by atoms with Crippen LogP contribution in [0.3, 0.4) is 0 Å². The Morgan fingerprint density at radius 2 is 1.84 bits per heavy atom. The predicted octanol–water partition coefficient (Wildman–Crippen LogP) is 1.80. The number of aliphatic hydroxyl groups is 1. The third-order valence-electron chi connectivity index (χ3n) is 3.68. The molecular weight excluding hydrogens is 240 g/mol. The molecule has 1 N–H and O–H groups in total. The SMILES string of the molecule is CC(=O)N1CCCN(c2ccc(C(C)O)cc2)CC1. The Morgan fingerprint density at radius 1 is 1.16 bits per heavy atom. The lowest BCUT2D eigenvalue weighted by Crippen LogP contribution is -2.33. The molecule has 19 heavy (non-hydrogen) atoms. The van der Waals surface area contributed by atoms with Gasteiger partial charge in [0, 0.05) is 38.8 Å². The molecule has 0 bridgehead atoms. The summed E-state index contributed by atoms with van der Waals surface area (Å²) in [5, 5.41) is 9.51. The van der Waals surface area contributed by atoms with Gasteiger partial charge in [-0.25, -0.2) is 0 Å². The van der Waals surface area contributed by atoms with Gasteiger partial charge < -0.3 is 14.9 Å². The lowest BCUT2D eigenvalue weighted by molar-refractivity contribution is -0.128. The highest BCUT2D eigenvalue weighted by atomic mass is 16.3. The molecule has 1 aromatic rings. The molecule has 2 rings (SSSR count). The quantitative estimate of drug-likeness (QED) is 0.884. The number of amides is 1. The molecule has 4 nitrogen and oxygen atoms in total. The van der Waals surface area contributed by atoms with Crippen molar-refractivity contribution >= 4 is 11.6 Å². The first kappa shape index (κ1) is 13.9. The maximum Gasteiger partial charge on any atom is 0.219 e. The number of carbonyl (C=O) groups is 1. The van der Waals surface area contributed by atoms with Crippen LogP contribution in [0.2, 0.25) is 0 Å². The second-order valence-corrected chi connectivity index (χ2v) is 5.11. The summed E-state index contributed by atoms with van der Waals surface area (Å²) in [6.45, 7) is 6.87. The first-order chi connectivity index (χ1) is 9.08. The highest BCUT2D eigenvalue weighted by Gasteiger charge is 2.16. The minimum Gasteiger partial charge on any atom is -0.389 e. The number of rotatable bonds is 2. The Hall–Kier alpha value is -1.55. The van der Waals surface area contributed by atoms with E-state index in [1.165, 1.54) is 0 Å². The van der Waals surface area contributed by atoms with Crippen molar-refractivity contribution in [1.29, 1.82) is 0 Å².